The molecule has 1 saturated heterocycles. The van der Waals surface area contributed by atoms with Gasteiger partial charge >= 0.3 is 0 Å². The molecule has 1 aliphatic heterocycles. The van der Waals surface area contributed by atoms with Crippen molar-refractivity contribution in [2.24, 2.45) is 0 Å². The molecule has 226 valence electrons. The van der Waals surface area contributed by atoms with E-state index in [0.29, 0.717) is 24.8 Å². The highest BCUT2D eigenvalue weighted by molar-refractivity contribution is 7.86. The van der Waals surface area contributed by atoms with Gasteiger partial charge in [0.05, 0.1) is 4.90 Å². The summed E-state index contributed by atoms with van der Waals surface area (Å²) in [4.78, 5) is 2.36. The van der Waals surface area contributed by atoms with Crippen molar-refractivity contribution in [1.82, 2.24) is 4.90 Å². The fourth-order valence-corrected chi connectivity index (χ4v) is 7.97. The summed E-state index contributed by atoms with van der Waals surface area (Å²) in [5, 5.41) is 10.2. The standard InChI is InChI=1S/C36H40FNO4S/c1-26-8-12-31(13-9-26)43(40,41)42-25-36(37)20-22-38(23-21-36)35(2)18-16-28(17-19-35)34-32(27-6-4-3-5-7-27)14-10-29-24-30(39)11-15-33(29)34/h3-9,11-13,15-18,24,32,34,39H,10,14,19-23,25H2,1-2H3/t32-,34+,35?/m1/s1. The molecule has 43 heavy (non-hydrogen) atoms. The zero-order chi connectivity index (χ0) is 30.2. The highest BCUT2D eigenvalue weighted by atomic mass is 32.2. The van der Waals surface area contributed by atoms with Crippen molar-refractivity contribution in [3.63, 3.8) is 0 Å². The molecule has 1 heterocycles. The Morgan fingerprint density at radius 1 is 1.02 bits per heavy atom. The van der Waals surface area contributed by atoms with Gasteiger partial charge in [0, 0.05) is 24.5 Å². The molecule has 3 aliphatic rings. The van der Waals surface area contributed by atoms with Gasteiger partial charge in [-0.2, -0.15) is 8.42 Å². The summed E-state index contributed by atoms with van der Waals surface area (Å²) in [5.41, 5.74) is 4.10. The van der Waals surface area contributed by atoms with E-state index < -0.39 is 22.4 Å². The van der Waals surface area contributed by atoms with Crippen LogP contribution in [-0.4, -0.2) is 49.3 Å². The molecule has 1 fully saturated rings. The van der Waals surface area contributed by atoms with Crippen molar-refractivity contribution < 1.29 is 22.1 Å². The molecular formula is C36H40FNO4S. The molecule has 1 unspecified atom stereocenters. The van der Waals surface area contributed by atoms with Crippen LogP contribution in [0.25, 0.3) is 0 Å². The van der Waals surface area contributed by atoms with Crippen LogP contribution in [0, 0.1) is 6.92 Å². The Balaban J connectivity index is 1.14. The third-order valence-electron chi connectivity index (χ3n) is 9.73. The Bertz CT molecular complexity index is 1630. The number of halogens is 1. The van der Waals surface area contributed by atoms with Gasteiger partial charge in [-0.3, -0.25) is 9.08 Å². The molecular weight excluding hydrogens is 561 g/mol. The lowest BCUT2D eigenvalue weighted by molar-refractivity contribution is -0.00551. The quantitative estimate of drug-likeness (QED) is 0.287. The molecule has 3 aromatic carbocycles. The summed E-state index contributed by atoms with van der Waals surface area (Å²) in [6, 6.07) is 22.9. The van der Waals surface area contributed by atoms with Gasteiger partial charge in [0.2, 0.25) is 0 Å². The van der Waals surface area contributed by atoms with E-state index in [1.165, 1.54) is 34.4 Å². The van der Waals surface area contributed by atoms with Gasteiger partial charge in [0.25, 0.3) is 10.1 Å². The molecule has 3 aromatic rings. The van der Waals surface area contributed by atoms with Crippen LogP contribution in [0.3, 0.4) is 0 Å². The Kier molecular flexibility index (Phi) is 8.09. The molecule has 3 atom stereocenters. The number of rotatable bonds is 7. The number of benzene rings is 3. The highest BCUT2D eigenvalue weighted by Gasteiger charge is 2.42. The minimum Gasteiger partial charge on any atom is -0.508 e. The lowest BCUT2D eigenvalue weighted by Crippen LogP contribution is -2.53. The lowest BCUT2D eigenvalue weighted by Gasteiger charge is -2.46. The Morgan fingerprint density at radius 3 is 2.42 bits per heavy atom. The van der Waals surface area contributed by atoms with E-state index in [4.69, 9.17) is 4.18 Å². The number of phenols is 1. The molecule has 7 heteroatoms. The summed E-state index contributed by atoms with van der Waals surface area (Å²) >= 11 is 0. The van der Waals surface area contributed by atoms with Crippen molar-refractivity contribution in [2.75, 3.05) is 19.7 Å². The average molecular weight is 602 g/mol. The summed E-state index contributed by atoms with van der Waals surface area (Å²) in [7, 11) is -4.01. The summed E-state index contributed by atoms with van der Waals surface area (Å²) < 4.78 is 46.2. The molecule has 1 N–H and O–H groups in total. The number of hydrogen-bond donors (Lipinski definition) is 1. The maximum atomic E-state index is 15.8. The number of nitrogens with zero attached hydrogens (tertiary/aromatic N) is 1. The highest BCUT2D eigenvalue weighted by Crippen LogP contribution is 2.49. The number of likely N-dealkylation sites (tertiary alicyclic amines) is 1. The van der Waals surface area contributed by atoms with Crippen molar-refractivity contribution in [1.29, 1.82) is 0 Å². The number of alkyl halides is 1. The number of aryl methyl sites for hydroxylation is 2. The van der Waals surface area contributed by atoms with Gasteiger partial charge in [-0.15, -0.1) is 0 Å². The number of piperidine rings is 1. The molecule has 2 aliphatic carbocycles. The van der Waals surface area contributed by atoms with Crippen molar-refractivity contribution in [3.8, 4) is 5.75 Å². The molecule has 0 radical (unpaired) electrons. The SMILES string of the molecule is Cc1ccc(S(=O)(=O)OCC2(F)CCN(C3(C)C=CC([C@@H]4c5ccc(O)cc5CC[C@@H]4c4ccccc4)=CC3)CC2)cc1. The Labute approximate surface area is 254 Å². The maximum Gasteiger partial charge on any atom is 0.297 e. The second kappa shape index (κ2) is 11.7. The van der Waals surface area contributed by atoms with Crippen LogP contribution in [-0.2, 0) is 20.7 Å². The van der Waals surface area contributed by atoms with Crippen LogP contribution < -0.4 is 0 Å². The molecule has 0 bridgehead atoms. The fraction of sp³-hybridized carbons (Fsp3) is 0.389. The molecule has 0 amide bonds. The van der Waals surface area contributed by atoms with E-state index in [-0.39, 0.29) is 29.2 Å². The predicted octanol–water partition coefficient (Wildman–Crippen LogP) is 7.37. The van der Waals surface area contributed by atoms with Crippen LogP contribution in [0.5, 0.6) is 5.75 Å². The zero-order valence-electron chi connectivity index (χ0n) is 24.9. The normalized spacial score (nSPS) is 25.6. The van der Waals surface area contributed by atoms with Crippen LogP contribution in [0.4, 0.5) is 4.39 Å². The summed E-state index contributed by atoms with van der Waals surface area (Å²) in [6.45, 7) is 4.65. The van der Waals surface area contributed by atoms with Gasteiger partial charge in [-0.25, -0.2) is 4.39 Å². The van der Waals surface area contributed by atoms with E-state index in [2.05, 4.69) is 66.4 Å². The number of fused-ring (bicyclic) bond motifs is 1. The van der Waals surface area contributed by atoms with Gasteiger partial charge in [-0.1, -0.05) is 72.3 Å². The van der Waals surface area contributed by atoms with Crippen molar-refractivity contribution in [3.05, 3.63) is 119 Å². The largest absolute Gasteiger partial charge is 0.508 e. The van der Waals surface area contributed by atoms with Crippen LogP contribution >= 0.6 is 0 Å². The van der Waals surface area contributed by atoms with E-state index in [0.717, 1.165) is 24.8 Å². The maximum absolute atomic E-state index is 15.8. The first-order valence-electron chi connectivity index (χ1n) is 15.2. The number of allylic oxidation sites excluding steroid dienone is 2. The average Bonchev–Trinajstić information content (AvgIpc) is 3.01. The number of aromatic hydroxyl groups is 1. The topological polar surface area (TPSA) is 66.8 Å². The van der Waals surface area contributed by atoms with Crippen LogP contribution in [0.1, 0.15) is 66.7 Å². The van der Waals surface area contributed by atoms with Gasteiger partial charge in [0.1, 0.15) is 18.0 Å². The van der Waals surface area contributed by atoms with Crippen molar-refractivity contribution in [2.45, 2.75) is 73.9 Å². The first-order valence-corrected chi connectivity index (χ1v) is 16.6. The summed E-state index contributed by atoms with van der Waals surface area (Å²) in [6.07, 6.45) is 10.0. The molecule has 0 saturated carbocycles. The molecule has 0 aromatic heterocycles. The van der Waals surface area contributed by atoms with E-state index in [1.54, 1.807) is 18.2 Å². The third kappa shape index (κ3) is 6.21. The molecule has 0 spiro atoms. The van der Waals surface area contributed by atoms with Crippen LogP contribution in [0.2, 0.25) is 0 Å². The van der Waals surface area contributed by atoms with Gasteiger partial charge < -0.3 is 5.11 Å². The zero-order valence-corrected chi connectivity index (χ0v) is 25.7. The fourth-order valence-electron chi connectivity index (χ4n) is 7.00. The third-order valence-corrected chi connectivity index (χ3v) is 11.0. The lowest BCUT2D eigenvalue weighted by atomic mass is 9.67. The van der Waals surface area contributed by atoms with Crippen LogP contribution in [0.15, 0.2) is 101 Å². The first kappa shape index (κ1) is 29.8. The van der Waals surface area contributed by atoms with E-state index >= 15 is 4.39 Å². The predicted molar refractivity (Wildman–Crippen MR) is 168 cm³/mol. The molecule has 6 rings (SSSR count). The smallest absolute Gasteiger partial charge is 0.297 e. The minimum absolute atomic E-state index is 0.0495. The van der Waals surface area contributed by atoms with E-state index in [1.807, 2.05) is 13.0 Å². The second-order valence-corrected chi connectivity index (χ2v) is 14.3. The van der Waals surface area contributed by atoms with Gasteiger partial charge in [-0.05, 0) is 98.4 Å². The summed E-state index contributed by atoms with van der Waals surface area (Å²) in [5.74, 6) is 0.848. The van der Waals surface area contributed by atoms with E-state index in [9.17, 15) is 13.5 Å². The molecule has 5 nitrogen and oxygen atoms in total. The van der Waals surface area contributed by atoms with Gasteiger partial charge in [0.15, 0.2) is 0 Å². The first-order chi connectivity index (χ1) is 20.6. The monoisotopic (exact) mass is 601 g/mol. The number of phenolic OH excluding ortho intramolecular Hbond substituents is 1. The van der Waals surface area contributed by atoms with Crippen molar-refractivity contribution >= 4 is 10.1 Å². The minimum atomic E-state index is -4.01. The number of hydrogen-bond acceptors (Lipinski definition) is 5. The Hall–Kier alpha value is -3.26. The Morgan fingerprint density at radius 2 is 1.74 bits per heavy atom. The second-order valence-electron chi connectivity index (χ2n) is 12.7.